The molecule has 0 saturated heterocycles. The molecular formula is C12H14Cl2. The first-order valence-electron chi connectivity index (χ1n) is 5.04. The van der Waals surface area contributed by atoms with Gasteiger partial charge in [0.15, 0.2) is 0 Å². The molecular weight excluding hydrogens is 215 g/mol. The van der Waals surface area contributed by atoms with Crippen LogP contribution in [0.5, 0.6) is 0 Å². The molecule has 0 heterocycles. The van der Waals surface area contributed by atoms with Crippen LogP contribution in [0.2, 0.25) is 5.02 Å². The van der Waals surface area contributed by atoms with Crippen LogP contribution in [0.4, 0.5) is 0 Å². The van der Waals surface area contributed by atoms with E-state index in [1.807, 2.05) is 0 Å². The van der Waals surface area contributed by atoms with Crippen LogP contribution in [0, 0.1) is 13.8 Å². The van der Waals surface area contributed by atoms with E-state index in [0.717, 1.165) is 17.9 Å². The minimum atomic E-state index is 0.163. The predicted molar refractivity (Wildman–Crippen MR) is 62.5 cm³/mol. The Kier molecular flexibility index (Phi) is 2.77. The largest absolute Gasteiger partial charge is 0.118 e. The molecule has 0 aromatic heterocycles. The maximum absolute atomic E-state index is 6.34. The van der Waals surface area contributed by atoms with Gasteiger partial charge in [0.05, 0.1) is 5.38 Å². The quantitative estimate of drug-likeness (QED) is 0.571. The fourth-order valence-corrected chi connectivity index (χ4v) is 3.03. The number of halogens is 2. The van der Waals surface area contributed by atoms with E-state index in [9.17, 15) is 0 Å². The van der Waals surface area contributed by atoms with Crippen molar-refractivity contribution in [1.29, 1.82) is 0 Å². The Morgan fingerprint density at radius 3 is 2.79 bits per heavy atom. The van der Waals surface area contributed by atoms with Crippen molar-refractivity contribution in [3.8, 4) is 0 Å². The van der Waals surface area contributed by atoms with Crippen molar-refractivity contribution in [3.05, 3.63) is 33.3 Å². The molecule has 0 amide bonds. The van der Waals surface area contributed by atoms with E-state index >= 15 is 0 Å². The maximum atomic E-state index is 6.34. The van der Waals surface area contributed by atoms with Crippen LogP contribution in [0.25, 0.3) is 0 Å². The summed E-state index contributed by atoms with van der Waals surface area (Å²) in [5.74, 6) is 0. The zero-order valence-electron chi connectivity index (χ0n) is 8.53. The number of alkyl halides is 1. The molecule has 0 bridgehead atoms. The normalized spacial score (nSPS) is 20.7. The Morgan fingerprint density at radius 2 is 2.07 bits per heavy atom. The summed E-state index contributed by atoms with van der Waals surface area (Å²) < 4.78 is 0. The van der Waals surface area contributed by atoms with E-state index in [1.54, 1.807) is 0 Å². The average molecular weight is 229 g/mol. The summed E-state index contributed by atoms with van der Waals surface area (Å²) in [6, 6.07) is 2.06. The molecule has 0 nitrogen and oxygen atoms in total. The van der Waals surface area contributed by atoms with E-state index in [4.69, 9.17) is 23.2 Å². The molecule has 1 aromatic rings. The molecule has 1 aliphatic carbocycles. The fourth-order valence-electron chi connectivity index (χ4n) is 2.31. The molecule has 1 aromatic carbocycles. The van der Waals surface area contributed by atoms with E-state index < -0.39 is 0 Å². The van der Waals surface area contributed by atoms with Crippen molar-refractivity contribution in [2.24, 2.45) is 0 Å². The summed E-state index contributed by atoms with van der Waals surface area (Å²) in [4.78, 5) is 0. The standard InChI is InChI=1S/C12H14Cl2/c1-7-6-11(14)8(2)12-9(7)4-3-5-10(12)13/h6,10H,3-5H2,1-2H3. The summed E-state index contributed by atoms with van der Waals surface area (Å²) in [6.07, 6.45) is 3.43. The van der Waals surface area contributed by atoms with Crippen molar-refractivity contribution < 1.29 is 0 Å². The van der Waals surface area contributed by atoms with Gasteiger partial charge in [-0.15, -0.1) is 11.6 Å². The minimum Gasteiger partial charge on any atom is -0.118 e. The maximum Gasteiger partial charge on any atom is 0.0591 e. The van der Waals surface area contributed by atoms with Gasteiger partial charge >= 0.3 is 0 Å². The van der Waals surface area contributed by atoms with Gasteiger partial charge in [0.25, 0.3) is 0 Å². The smallest absolute Gasteiger partial charge is 0.0591 e. The zero-order valence-corrected chi connectivity index (χ0v) is 10.0. The van der Waals surface area contributed by atoms with Gasteiger partial charge in [0, 0.05) is 5.02 Å². The second-order valence-corrected chi connectivity index (χ2v) is 4.99. The van der Waals surface area contributed by atoms with Crippen LogP contribution in [0.3, 0.4) is 0 Å². The van der Waals surface area contributed by atoms with E-state index in [-0.39, 0.29) is 5.38 Å². The third-order valence-corrected chi connectivity index (χ3v) is 3.93. The lowest BCUT2D eigenvalue weighted by molar-refractivity contribution is 0.660. The summed E-state index contributed by atoms with van der Waals surface area (Å²) in [6.45, 7) is 4.19. The number of rotatable bonds is 0. The Labute approximate surface area is 95.2 Å². The van der Waals surface area contributed by atoms with Crippen LogP contribution >= 0.6 is 23.2 Å². The van der Waals surface area contributed by atoms with Crippen LogP contribution in [-0.4, -0.2) is 0 Å². The molecule has 2 heteroatoms. The summed E-state index contributed by atoms with van der Waals surface area (Å²) >= 11 is 12.5. The van der Waals surface area contributed by atoms with Gasteiger partial charge in [-0.1, -0.05) is 11.6 Å². The molecule has 1 aliphatic rings. The highest BCUT2D eigenvalue weighted by Crippen LogP contribution is 2.40. The van der Waals surface area contributed by atoms with Crippen LogP contribution in [0.15, 0.2) is 6.07 Å². The summed E-state index contributed by atoms with van der Waals surface area (Å²) in [7, 11) is 0. The van der Waals surface area contributed by atoms with Crippen LogP contribution in [0.1, 0.15) is 40.5 Å². The molecule has 1 unspecified atom stereocenters. The second-order valence-electron chi connectivity index (χ2n) is 4.05. The Bertz CT molecular complexity index is 369. The molecule has 76 valence electrons. The Morgan fingerprint density at radius 1 is 1.36 bits per heavy atom. The molecule has 0 aliphatic heterocycles. The first-order chi connectivity index (χ1) is 6.61. The van der Waals surface area contributed by atoms with Crippen molar-refractivity contribution >= 4 is 23.2 Å². The zero-order chi connectivity index (χ0) is 10.3. The molecule has 1 atom stereocenters. The molecule has 0 N–H and O–H groups in total. The third kappa shape index (κ3) is 1.55. The van der Waals surface area contributed by atoms with Crippen molar-refractivity contribution in [1.82, 2.24) is 0 Å². The third-order valence-electron chi connectivity index (χ3n) is 3.10. The van der Waals surface area contributed by atoms with Gasteiger partial charge in [-0.3, -0.25) is 0 Å². The number of benzene rings is 1. The van der Waals surface area contributed by atoms with Crippen molar-refractivity contribution in [2.75, 3.05) is 0 Å². The van der Waals surface area contributed by atoms with Crippen molar-refractivity contribution in [3.63, 3.8) is 0 Å². The lowest BCUT2D eigenvalue weighted by atomic mass is 9.85. The Hall–Kier alpha value is -0.200. The van der Waals surface area contributed by atoms with Gasteiger partial charge in [-0.05, 0) is 61.4 Å². The van der Waals surface area contributed by atoms with Crippen molar-refractivity contribution in [2.45, 2.75) is 38.5 Å². The number of fused-ring (bicyclic) bond motifs is 1. The highest BCUT2D eigenvalue weighted by molar-refractivity contribution is 6.31. The topological polar surface area (TPSA) is 0 Å². The summed E-state index contributed by atoms with van der Waals surface area (Å²) in [5.41, 5.74) is 5.19. The molecule has 0 radical (unpaired) electrons. The number of hydrogen-bond acceptors (Lipinski definition) is 0. The SMILES string of the molecule is Cc1cc(Cl)c(C)c2c1CCCC2Cl. The van der Waals surface area contributed by atoms with Gasteiger partial charge in [-0.2, -0.15) is 0 Å². The number of aryl methyl sites for hydroxylation is 1. The second kappa shape index (κ2) is 3.75. The van der Waals surface area contributed by atoms with E-state index in [1.165, 1.54) is 28.7 Å². The van der Waals surface area contributed by atoms with Gasteiger partial charge < -0.3 is 0 Å². The highest BCUT2D eigenvalue weighted by atomic mass is 35.5. The van der Waals surface area contributed by atoms with E-state index in [2.05, 4.69) is 19.9 Å². The van der Waals surface area contributed by atoms with Crippen LogP contribution < -0.4 is 0 Å². The first kappa shape index (κ1) is 10.3. The van der Waals surface area contributed by atoms with Gasteiger partial charge in [0.2, 0.25) is 0 Å². The first-order valence-corrected chi connectivity index (χ1v) is 5.85. The van der Waals surface area contributed by atoms with Crippen LogP contribution in [-0.2, 0) is 6.42 Å². The molecule has 2 rings (SSSR count). The molecule has 0 saturated carbocycles. The molecule has 14 heavy (non-hydrogen) atoms. The van der Waals surface area contributed by atoms with E-state index in [0.29, 0.717) is 0 Å². The average Bonchev–Trinajstić information content (AvgIpc) is 2.14. The molecule has 0 fully saturated rings. The lowest BCUT2D eigenvalue weighted by Crippen LogP contribution is -2.09. The highest BCUT2D eigenvalue weighted by Gasteiger charge is 2.22. The molecule has 0 spiro atoms. The van der Waals surface area contributed by atoms with Gasteiger partial charge in [0.1, 0.15) is 0 Å². The number of hydrogen-bond donors (Lipinski definition) is 0. The van der Waals surface area contributed by atoms with Gasteiger partial charge in [-0.25, -0.2) is 0 Å². The minimum absolute atomic E-state index is 0.163. The lowest BCUT2D eigenvalue weighted by Gasteiger charge is -2.25. The predicted octanol–water partition coefficient (Wildman–Crippen LogP) is 4.57. The summed E-state index contributed by atoms with van der Waals surface area (Å²) in [5, 5.41) is 1.02. The Balaban J connectivity index is 2.67. The monoisotopic (exact) mass is 228 g/mol. The fraction of sp³-hybridized carbons (Fsp3) is 0.500.